The molecule has 212 valence electrons. The van der Waals surface area contributed by atoms with Crippen molar-refractivity contribution in [3.8, 4) is 0 Å². The van der Waals surface area contributed by atoms with Crippen molar-refractivity contribution in [1.29, 1.82) is 0 Å². The second kappa shape index (κ2) is 13.5. The predicted octanol–water partition coefficient (Wildman–Crippen LogP) is 5.47. The lowest BCUT2D eigenvalue weighted by molar-refractivity contribution is -0.139. The summed E-state index contributed by atoms with van der Waals surface area (Å²) in [6.45, 7) is 3.43. The van der Waals surface area contributed by atoms with E-state index >= 15 is 0 Å². The summed E-state index contributed by atoms with van der Waals surface area (Å²) in [7, 11) is -4.08. The highest BCUT2D eigenvalue weighted by molar-refractivity contribution is 9.10. The largest absolute Gasteiger partial charge is 0.352 e. The molecule has 0 radical (unpaired) electrons. The Hall–Kier alpha value is -3.17. The Morgan fingerprint density at radius 2 is 1.65 bits per heavy atom. The third-order valence-corrected chi connectivity index (χ3v) is 9.62. The van der Waals surface area contributed by atoms with Crippen LogP contribution in [0.5, 0.6) is 0 Å². The van der Waals surface area contributed by atoms with Crippen molar-refractivity contribution < 1.29 is 18.0 Å². The van der Waals surface area contributed by atoms with Gasteiger partial charge in [-0.05, 0) is 69.0 Å². The van der Waals surface area contributed by atoms with Crippen LogP contribution in [0.1, 0.15) is 43.7 Å². The average molecular weight is 627 g/mol. The van der Waals surface area contributed by atoms with Crippen LogP contribution in [-0.4, -0.2) is 50.3 Å². The number of carbonyl (C=O) groups is 2. The molecule has 2 amide bonds. The zero-order valence-corrected chi connectivity index (χ0v) is 25.3. The average Bonchev–Trinajstić information content (AvgIpc) is 3.45. The van der Waals surface area contributed by atoms with Gasteiger partial charge in [-0.15, -0.1) is 0 Å². The van der Waals surface area contributed by atoms with E-state index in [0.717, 1.165) is 41.1 Å². The molecule has 1 atom stereocenters. The first-order chi connectivity index (χ1) is 19.1. The summed E-state index contributed by atoms with van der Waals surface area (Å²) in [6, 6.07) is 22.5. The Kier molecular flexibility index (Phi) is 10.0. The van der Waals surface area contributed by atoms with Gasteiger partial charge >= 0.3 is 0 Å². The number of nitrogens with zero attached hydrogens (tertiary/aromatic N) is 2. The SMILES string of the molecule is Cc1ccc(S(=O)(=O)N(CC(=O)N(CCc2ccccc2)C(C)C(=O)NC2CCCC2)c2cccc(Br)c2)cc1. The number of halogens is 1. The van der Waals surface area contributed by atoms with E-state index < -0.39 is 28.5 Å². The normalized spacial score (nSPS) is 14.5. The number of hydrogen-bond acceptors (Lipinski definition) is 4. The first kappa shape index (κ1) is 29.8. The van der Waals surface area contributed by atoms with E-state index in [2.05, 4.69) is 21.2 Å². The van der Waals surface area contributed by atoms with Gasteiger partial charge in [-0.3, -0.25) is 13.9 Å². The van der Waals surface area contributed by atoms with Gasteiger partial charge < -0.3 is 10.2 Å². The number of hydrogen-bond donors (Lipinski definition) is 1. The van der Waals surface area contributed by atoms with E-state index in [1.165, 1.54) is 4.90 Å². The van der Waals surface area contributed by atoms with Crippen molar-refractivity contribution in [2.45, 2.75) is 62.9 Å². The van der Waals surface area contributed by atoms with Gasteiger partial charge in [0.1, 0.15) is 12.6 Å². The summed E-state index contributed by atoms with van der Waals surface area (Å²) in [5.41, 5.74) is 2.31. The fourth-order valence-corrected chi connectivity index (χ4v) is 6.75. The lowest BCUT2D eigenvalue weighted by Gasteiger charge is -2.32. The van der Waals surface area contributed by atoms with Crippen LogP contribution in [0.25, 0.3) is 0 Å². The molecule has 3 aromatic rings. The van der Waals surface area contributed by atoms with Crippen molar-refractivity contribution in [1.82, 2.24) is 10.2 Å². The maximum absolute atomic E-state index is 14.0. The molecule has 4 rings (SSSR count). The molecule has 0 aliphatic heterocycles. The monoisotopic (exact) mass is 625 g/mol. The molecular weight excluding hydrogens is 590 g/mol. The maximum Gasteiger partial charge on any atom is 0.264 e. The van der Waals surface area contributed by atoms with Gasteiger partial charge in [-0.1, -0.05) is 82.9 Å². The van der Waals surface area contributed by atoms with Crippen molar-refractivity contribution >= 4 is 43.5 Å². The number of amides is 2. The summed E-state index contributed by atoms with van der Waals surface area (Å²) in [6.07, 6.45) is 4.56. The van der Waals surface area contributed by atoms with E-state index in [1.807, 2.05) is 37.3 Å². The zero-order valence-electron chi connectivity index (χ0n) is 22.9. The van der Waals surface area contributed by atoms with Gasteiger partial charge in [0.2, 0.25) is 11.8 Å². The highest BCUT2D eigenvalue weighted by Crippen LogP contribution is 2.27. The van der Waals surface area contributed by atoms with E-state index in [1.54, 1.807) is 55.5 Å². The Balaban J connectivity index is 1.64. The van der Waals surface area contributed by atoms with Crippen molar-refractivity contribution in [3.05, 3.63) is 94.5 Å². The second-order valence-corrected chi connectivity index (χ2v) is 13.1. The molecule has 1 aliphatic carbocycles. The smallest absolute Gasteiger partial charge is 0.264 e. The Morgan fingerprint density at radius 3 is 2.30 bits per heavy atom. The standard InChI is InChI=1S/C31H36BrN3O4S/c1-23-15-17-29(18-16-23)40(38,39)35(28-14-8-11-26(32)21-28)22-30(36)34(20-19-25-9-4-3-5-10-25)24(2)31(37)33-27-12-6-7-13-27/h3-5,8-11,14-18,21,24,27H,6-7,12-13,19-20,22H2,1-2H3,(H,33,37). The molecule has 1 unspecified atom stereocenters. The minimum Gasteiger partial charge on any atom is -0.352 e. The Bertz CT molecular complexity index is 1410. The van der Waals surface area contributed by atoms with Crippen LogP contribution in [0, 0.1) is 6.92 Å². The van der Waals surface area contributed by atoms with E-state index in [0.29, 0.717) is 16.6 Å². The molecule has 1 N–H and O–H groups in total. The van der Waals surface area contributed by atoms with Crippen molar-refractivity contribution in [3.63, 3.8) is 0 Å². The number of carbonyl (C=O) groups excluding carboxylic acids is 2. The first-order valence-corrected chi connectivity index (χ1v) is 15.9. The fourth-order valence-electron chi connectivity index (χ4n) is 4.96. The van der Waals surface area contributed by atoms with Crippen LogP contribution >= 0.6 is 15.9 Å². The first-order valence-electron chi connectivity index (χ1n) is 13.6. The lowest BCUT2D eigenvalue weighted by Crippen LogP contribution is -2.53. The van der Waals surface area contributed by atoms with Gasteiger partial charge in [-0.2, -0.15) is 0 Å². The number of sulfonamides is 1. The molecule has 0 bridgehead atoms. The van der Waals surface area contributed by atoms with Crippen LogP contribution in [0.2, 0.25) is 0 Å². The minimum absolute atomic E-state index is 0.0914. The van der Waals surface area contributed by atoms with Crippen LogP contribution in [0.4, 0.5) is 5.69 Å². The highest BCUT2D eigenvalue weighted by atomic mass is 79.9. The van der Waals surface area contributed by atoms with E-state index in [9.17, 15) is 18.0 Å². The molecule has 0 spiro atoms. The zero-order chi connectivity index (χ0) is 28.7. The van der Waals surface area contributed by atoms with E-state index in [-0.39, 0.29) is 23.4 Å². The van der Waals surface area contributed by atoms with Gasteiger partial charge in [0.05, 0.1) is 10.6 Å². The van der Waals surface area contributed by atoms with Gasteiger partial charge in [0, 0.05) is 17.1 Å². The lowest BCUT2D eigenvalue weighted by atomic mass is 10.1. The summed E-state index contributed by atoms with van der Waals surface area (Å²) in [4.78, 5) is 28.8. The molecule has 0 aromatic heterocycles. The fraction of sp³-hybridized carbons (Fsp3) is 0.355. The summed E-state index contributed by atoms with van der Waals surface area (Å²) in [5.74, 6) is -0.663. The molecule has 9 heteroatoms. The third kappa shape index (κ3) is 7.52. The van der Waals surface area contributed by atoms with Gasteiger partial charge in [0.15, 0.2) is 0 Å². The second-order valence-electron chi connectivity index (χ2n) is 10.3. The molecule has 0 heterocycles. The van der Waals surface area contributed by atoms with Gasteiger partial charge in [-0.25, -0.2) is 8.42 Å². The molecule has 0 saturated heterocycles. The topological polar surface area (TPSA) is 86.8 Å². The number of rotatable bonds is 11. The summed E-state index contributed by atoms with van der Waals surface area (Å²) < 4.78 is 29.6. The molecular formula is C31H36BrN3O4S. The van der Waals surface area contributed by atoms with Crippen LogP contribution in [0.15, 0.2) is 88.2 Å². The predicted molar refractivity (Wildman–Crippen MR) is 162 cm³/mol. The molecule has 1 fully saturated rings. The number of benzene rings is 3. The van der Waals surface area contributed by atoms with Crippen LogP contribution in [-0.2, 0) is 26.0 Å². The molecule has 1 aliphatic rings. The van der Waals surface area contributed by atoms with E-state index in [4.69, 9.17) is 0 Å². The number of anilines is 1. The van der Waals surface area contributed by atoms with Crippen LogP contribution in [0.3, 0.4) is 0 Å². The van der Waals surface area contributed by atoms with Crippen LogP contribution < -0.4 is 9.62 Å². The van der Waals surface area contributed by atoms with Gasteiger partial charge in [0.25, 0.3) is 10.0 Å². The molecule has 40 heavy (non-hydrogen) atoms. The molecule has 1 saturated carbocycles. The highest BCUT2D eigenvalue weighted by Gasteiger charge is 2.33. The summed E-state index contributed by atoms with van der Waals surface area (Å²) in [5, 5.41) is 3.10. The number of nitrogens with one attached hydrogen (secondary N) is 1. The quantitative estimate of drug-likeness (QED) is 0.306. The van der Waals surface area contributed by atoms with Crippen molar-refractivity contribution in [2.24, 2.45) is 0 Å². The Labute approximate surface area is 245 Å². The molecule has 3 aromatic carbocycles. The summed E-state index contributed by atoms with van der Waals surface area (Å²) >= 11 is 3.42. The minimum atomic E-state index is -4.08. The van der Waals surface area contributed by atoms with Crippen molar-refractivity contribution in [2.75, 3.05) is 17.4 Å². The Morgan fingerprint density at radius 1 is 0.975 bits per heavy atom. The number of aryl methyl sites for hydroxylation is 1. The third-order valence-electron chi connectivity index (χ3n) is 7.34. The molecule has 7 nitrogen and oxygen atoms in total. The maximum atomic E-state index is 14.0.